The van der Waals surface area contributed by atoms with Gasteiger partial charge in [0.1, 0.15) is 0 Å². The number of nitrogens with two attached hydrogens (primary N) is 1. The molecule has 130 valence electrons. The van der Waals surface area contributed by atoms with Gasteiger partial charge in [0.15, 0.2) is 0 Å². The van der Waals surface area contributed by atoms with Crippen molar-refractivity contribution >= 4 is 11.6 Å². The molecule has 2 aromatic rings. The van der Waals surface area contributed by atoms with Crippen molar-refractivity contribution in [2.75, 3.05) is 5.73 Å². The van der Waals surface area contributed by atoms with Gasteiger partial charge in [0, 0.05) is 30.4 Å². The maximum atomic E-state index is 12.5. The number of hydrogen-bond acceptors (Lipinski definition) is 3. The molecule has 0 radical (unpaired) electrons. The van der Waals surface area contributed by atoms with E-state index in [0.29, 0.717) is 23.3 Å². The molecular formula is C21H25N3O. The minimum atomic E-state index is -0.0426. The van der Waals surface area contributed by atoms with Crippen molar-refractivity contribution in [1.29, 1.82) is 0 Å². The first-order valence-electron chi connectivity index (χ1n) is 9.16. The summed E-state index contributed by atoms with van der Waals surface area (Å²) in [5.41, 5.74) is 8.44. The second kappa shape index (κ2) is 6.89. The molecule has 2 aliphatic rings. The van der Waals surface area contributed by atoms with Gasteiger partial charge >= 0.3 is 0 Å². The van der Waals surface area contributed by atoms with E-state index in [9.17, 15) is 4.79 Å². The van der Waals surface area contributed by atoms with Crippen molar-refractivity contribution in [3.8, 4) is 0 Å². The molecule has 0 spiro atoms. The molecule has 4 nitrogen and oxygen atoms in total. The highest BCUT2D eigenvalue weighted by molar-refractivity contribution is 5.99. The molecule has 2 fully saturated rings. The Morgan fingerprint density at radius 3 is 2.32 bits per heavy atom. The normalized spacial score (nSPS) is 25.7. The molecule has 2 atom stereocenters. The van der Waals surface area contributed by atoms with E-state index in [-0.39, 0.29) is 11.9 Å². The number of benzene rings is 2. The maximum absolute atomic E-state index is 12.5. The number of anilines is 1. The Balaban J connectivity index is 1.40. The summed E-state index contributed by atoms with van der Waals surface area (Å²) < 4.78 is 0. The first-order chi connectivity index (χ1) is 12.2. The smallest absolute Gasteiger partial charge is 0.253 e. The summed E-state index contributed by atoms with van der Waals surface area (Å²) in [6.07, 6.45) is 4.53. The lowest BCUT2D eigenvalue weighted by Crippen LogP contribution is -2.50. The van der Waals surface area contributed by atoms with Crippen LogP contribution in [0.3, 0.4) is 0 Å². The van der Waals surface area contributed by atoms with Crippen LogP contribution >= 0.6 is 0 Å². The summed E-state index contributed by atoms with van der Waals surface area (Å²) in [7, 11) is 0. The van der Waals surface area contributed by atoms with Crippen molar-refractivity contribution in [3.05, 3.63) is 65.7 Å². The van der Waals surface area contributed by atoms with Crippen LogP contribution in [0.25, 0.3) is 0 Å². The van der Waals surface area contributed by atoms with Gasteiger partial charge in [-0.15, -0.1) is 0 Å². The van der Waals surface area contributed by atoms with Crippen molar-refractivity contribution in [1.82, 2.24) is 10.2 Å². The molecule has 3 N–H and O–H groups in total. The van der Waals surface area contributed by atoms with Crippen LogP contribution in [0.1, 0.15) is 41.6 Å². The molecule has 2 aromatic carbocycles. The van der Waals surface area contributed by atoms with E-state index in [2.05, 4.69) is 40.5 Å². The Morgan fingerprint density at radius 1 is 1.00 bits per heavy atom. The zero-order valence-corrected chi connectivity index (χ0v) is 14.4. The summed E-state index contributed by atoms with van der Waals surface area (Å²) in [5, 5.41) is 3.22. The molecule has 0 aliphatic carbocycles. The minimum Gasteiger partial charge on any atom is -0.398 e. The highest BCUT2D eigenvalue weighted by Crippen LogP contribution is 2.37. The Hall–Kier alpha value is -2.33. The van der Waals surface area contributed by atoms with Gasteiger partial charge in [-0.25, -0.2) is 0 Å². The average molecular weight is 335 g/mol. The lowest BCUT2D eigenvalue weighted by molar-refractivity contribution is 0.0828. The van der Waals surface area contributed by atoms with Gasteiger partial charge < -0.3 is 11.1 Å². The zero-order valence-electron chi connectivity index (χ0n) is 14.4. The molecule has 4 rings (SSSR count). The number of carbonyl (C=O) groups is 1. The van der Waals surface area contributed by atoms with Gasteiger partial charge in [-0.3, -0.25) is 9.69 Å². The number of rotatable bonds is 4. The van der Waals surface area contributed by atoms with Crippen molar-refractivity contribution < 1.29 is 4.79 Å². The molecule has 1 amide bonds. The van der Waals surface area contributed by atoms with E-state index < -0.39 is 0 Å². The van der Waals surface area contributed by atoms with Gasteiger partial charge in [0.05, 0.1) is 5.56 Å². The number of hydrogen-bond donors (Lipinski definition) is 2. The lowest BCUT2D eigenvalue weighted by atomic mass is 9.96. The first kappa shape index (κ1) is 16.2. The third-order valence-electron chi connectivity index (χ3n) is 5.63. The Morgan fingerprint density at radius 2 is 1.64 bits per heavy atom. The van der Waals surface area contributed by atoms with Gasteiger partial charge in [0.2, 0.25) is 0 Å². The van der Waals surface area contributed by atoms with Crippen LogP contribution in [0.5, 0.6) is 0 Å². The minimum absolute atomic E-state index is 0.0426. The van der Waals surface area contributed by atoms with Gasteiger partial charge in [-0.2, -0.15) is 0 Å². The Kier molecular flexibility index (Phi) is 4.45. The van der Waals surface area contributed by atoms with Gasteiger partial charge in [-0.1, -0.05) is 42.5 Å². The second-order valence-corrected chi connectivity index (χ2v) is 7.27. The van der Waals surface area contributed by atoms with E-state index >= 15 is 0 Å². The van der Waals surface area contributed by atoms with Crippen molar-refractivity contribution in [3.63, 3.8) is 0 Å². The topological polar surface area (TPSA) is 58.4 Å². The van der Waals surface area contributed by atoms with Crippen LogP contribution in [0.15, 0.2) is 54.6 Å². The average Bonchev–Trinajstić information content (AvgIpc) is 2.85. The summed E-state index contributed by atoms with van der Waals surface area (Å²) in [4.78, 5) is 15.2. The number of carbonyl (C=O) groups excluding carboxylic acids is 1. The van der Waals surface area contributed by atoms with E-state index in [4.69, 9.17) is 5.73 Å². The summed E-state index contributed by atoms with van der Waals surface area (Å²) in [6, 6.07) is 19.3. The van der Waals surface area contributed by atoms with E-state index in [1.807, 2.05) is 12.1 Å². The van der Waals surface area contributed by atoms with Crippen LogP contribution in [-0.2, 0) is 6.54 Å². The Labute approximate surface area is 149 Å². The highest BCUT2D eigenvalue weighted by Gasteiger charge is 2.40. The highest BCUT2D eigenvalue weighted by atomic mass is 16.1. The fraction of sp³-hybridized carbons (Fsp3) is 0.381. The van der Waals surface area contributed by atoms with Crippen LogP contribution in [0.2, 0.25) is 0 Å². The predicted molar refractivity (Wildman–Crippen MR) is 100 cm³/mol. The van der Waals surface area contributed by atoms with E-state index in [1.54, 1.807) is 12.1 Å². The summed E-state index contributed by atoms with van der Waals surface area (Å²) >= 11 is 0. The molecule has 4 heteroatoms. The number of para-hydroxylation sites is 1. The van der Waals surface area contributed by atoms with Crippen LogP contribution in [0.4, 0.5) is 5.69 Å². The fourth-order valence-electron chi connectivity index (χ4n) is 4.41. The molecule has 2 saturated heterocycles. The SMILES string of the molecule is Nc1ccccc1C(=O)NC1CC2CCC(C1)N2Cc1ccccc1. The molecule has 2 bridgehead atoms. The third-order valence-corrected chi connectivity index (χ3v) is 5.63. The molecule has 2 unspecified atom stereocenters. The van der Waals surface area contributed by atoms with E-state index in [1.165, 1.54) is 18.4 Å². The van der Waals surface area contributed by atoms with Crippen LogP contribution < -0.4 is 11.1 Å². The number of fused-ring (bicyclic) bond motifs is 2. The predicted octanol–water partition coefficient (Wildman–Crippen LogP) is 3.19. The number of nitrogen functional groups attached to an aromatic ring is 1. The molecule has 2 aliphatic heterocycles. The number of piperidine rings is 1. The quantitative estimate of drug-likeness (QED) is 0.844. The monoisotopic (exact) mass is 335 g/mol. The molecule has 2 heterocycles. The first-order valence-corrected chi connectivity index (χ1v) is 9.16. The van der Waals surface area contributed by atoms with Gasteiger partial charge in [-0.05, 0) is 43.4 Å². The van der Waals surface area contributed by atoms with Crippen LogP contribution in [-0.4, -0.2) is 28.9 Å². The largest absolute Gasteiger partial charge is 0.398 e. The molecule has 0 aromatic heterocycles. The third kappa shape index (κ3) is 3.40. The molecule has 0 saturated carbocycles. The summed E-state index contributed by atoms with van der Waals surface area (Å²) in [5.74, 6) is -0.0426. The van der Waals surface area contributed by atoms with E-state index in [0.717, 1.165) is 19.4 Å². The second-order valence-electron chi connectivity index (χ2n) is 7.27. The fourth-order valence-corrected chi connectivity index (χ4v) is 4.41. The zero-order chi connectivity index (χ0) is 17.2. The number of nitrogens with one attached hydrogen (secondary N) is 1. The number of amides is 1. The lowest BCUT2D eigenvalue weighted by Gasteiger charge is -2.39. The standard InChI is InChI=1S/C21H25N3O/c22-20-9-5-4-8-19(20)21(25)23-16-12-17-10-11-18(13-16)24(17)14-15-6-2-1-3-7-15/h1-9,16-18H,10-14,22H2,(H,23,25). The maximum Gasteiger partial charge on any atom is 0.253 e. The molecular weight excluding hydrogens is 310 g/mol. The molecule has 25 heavy (non-hydrogen) atoms. The number of nitrogens with zero attached hydrogens (tertiary/aromatic N) is 1. The van der Waals surface area contributed by atoms with Crippen LogP contribution in [0, 0.1) is 0 Å². The van der Waals surface area contributed by atoms with Crippen molar-refractivity contribution in [2.45, 2.75) is 50.4 Å². The van der Waals surface area contributed by atoms with Crippen molar-refractivity contribution in [2.24, 2.45) is 0 Å². The van der Waals surface area contributed by atoms with Gasteiger partial charge in [0.25, 0.3) is 5.91 Å². The summed E-state index contributed by atoms with van der Waals surface area (Å²) in [6.45, 7) is 1.02. The Bertz CT molecular complexity index is 732.